The lowest BCUT2D eigenvalue weighted by Gasteiger charge is -2.17. The van der Waals surface area contributed by atoms with Gasteiger partial charge in [0, 0.05) is 11.8 Å². The average molecular weight is 237 g/mol. The largest absolute Gasteiger partial charge is 0.312 e. The van der Waals surface area contributed by atoms with Crippen LogP contribution in [0.3, 0.4) is 0 Å². The van der Waals surface area contributed by atoms with Crippen molar-refractivity contribution in [1.29, 1.82) is 0 Å². The van der Waals surface area contributed by atoms with E-state index in [2.05, 4.69) is 61.3 Å². The summed E-state index contributed by atoms with van der Waals surface area (Å²) in [4.78, 5) is 0. The highest BCUT2D eigenvalue weighted by Crippen LogP contribution is 2.20. The first-order chi connectivity index (χ1) is 7.77. The third-order valence-electron chi connectivity index (χ3n) is 2.93. The molecule has 1 N–H and O–H groups in total. The SMILES string of the molecule is CCC(C)CSCC(NC)c1ccccc1. The molecule has 1 rings (SSSR count). The summed E-state index contributed by atoms with van der Waals surface area (Å²) in [6, 6.07) is 11.2. The summed E-state index contributed by atoms with van der Waals surface area (Å²) < 4.78 is 0. The van der Waals surface area contributed by atoms with Gasteiger partial charge in [-0.2, -0.15) is 11.8 Å². The molecular formula is C14H23NS. The minimum absolute atomic E-state index is 0.482. The number of hydrogen-bond acceptors (Lipinski definition) is 2. The first-order valence-electron chi connectivity index (χ1n) is 6.07. The molecule has 2 heteroatoms. The van der Waals surface area contributed by atoms with Gasteiger partial charge in [-0.1, -0.05) is 50.6 Å². The first kappa shape index (κ1) is 13.6. The second-order valence-corrected chi connectivity index (χ2v) is 5.38. The Morgan fingerprint density at radius 2 is 1.88 bits per heavy atom. The van der Waals surface area contributed by atoms with E-state index in [4.69, 9.17) is 0 Å². The summed E-state index contributed by atoms with van der Waals surface area (Å²) in [6.07, 6.45) is 1.28. The number of rotatable bonds is 7. The lowest BCUT2D eigenvalue weighted by molar-refractivity contribution is 0.630. The monoisotopic (exact) mass is 237 g/mol. The summed E-state index contributed by atoms with van der Waals surface area (Å²) in [5.41, 5.74) is 1.39. The number of hydrogen-bond donors (Lipinski definition) is 1. The Morgan fingerprint density at radius 1 is 1.19 bits per heavy atom. The van der Waals surface area contributed by atoms with Crippen LogP contribution in [0.25, 0.3) is 0 Å². The van der Waals surface area contributed by atoms with Crippen LogP contribution in [0.15, 0.2) is 30.3 Å². The van der Waals surface area contributed by atoms with Gasteiger partial charge >= 0.3 is 0 Å². The summed E-state index contributed by atoms with van der Waals surface area (Å²) in [6.45, 7) is 4.59. The Hall–Kier alpha value is -0.470. The molecule has 1 aromatic carbocycles. The van der Waals surface area contributed by atoms with Crippen molar-refractivity contribution < 1.29 is 0 Å². The Bertz CT molecular complexity index is 273. The molecule has 0 bridgehead atoms. The van der Waals surface area contributed by atoms with Crippen LogP contribution < -0.4 is 5.32 Å². The Labute approximate surface area is 104 Å². The van der Waals surface area contributed by atoms with Gasteiger partial charge < -0.3 is 5.32 Å². The second-order valence-electron chi connectivity index (χ2n) is 4.30. The second kappa shape index (κ2) is 7.75. The molecular weight excluding hydrogens is 214 g/mol. The van der Waals surface area contributed by atoms with Gasteiger partial charge in [-0.3, -0.25) is 0 Å². The molecule has 0 aliphatic carbocycles. The van der Waals surface area contributed by atoms with Crippen LogP contribution in [0.4, 0.5) is 0 Å². The van der Waals surface area contributed by atoms with Crippen LogP contribution in [0.5, 0.6) is 0 Å². The molecule has 0 saturated heterocycles. The lowest BCUT2D eigenvalue weighted by atomic mass is 10.1. The van der Waals surface area contributed by atoms with E-state index < -0.39 is 0 Å². The average Bonchev–Trinajstić information content (AvgIpc) is 2.35. The summed E-state index contributed by atoms with van der Waals surface area (Å²) in [5.74, 6) is 3.25. The molecule has 0 heterocycles. The molecule has 0 aliphatic rings. The highest BCUT2D eigenvalue weighted by atomic mass is 32.2. The zero-order chi connectivity index (χ0) is 11.8. The highest BCUT2D eigenvalue weighted by molar-refractivity contribution is 7.99. The van der Waals surface area contributed by atoms with E-state index in [0.29, 0.717) is 6.04 Å². The molecule has 0 radical (unpaired) electrons. The van der Waals surface area contributed by atoms with Crippen molar-refractivity contribution in [3.63, 3.8) is 0 Å². The highest BCUT2D eigenvalue weighted by Gasteiger charge is 2.09. The molecule has 1 nitrogen and oxygen atoms in total. The van der Waals surface area contributed by atoms with Gasteiger partial charge in [0.25, 0.3) is 0 Å². The van der Waals surface area contributed by atoms with Gasteiger partial charge in [0.05, 0.1) is 0 Å². The van der Waals surface area contributed by atoms with Crippen LogP contribution in [-0.2, 0) is 0 Å². The van der Waals surface area contributed by atoms with Crippen molar-refractivity contribution in [3.8, 4) is 0 Å². The summed E-state index contributed by atoms with van der Waals surface area (Å²) in [7, 11) is 2.04. The van der Waals surface area contributed by atoms with E-state index in [1.54, 1.807) is 0 Å². The Morgan fingerprint density at radius 3 is 2.44 bits per heavy atom. The molecule has 0 amide bonds. The zero-order valence-corrected chi connectivity index (χ0v) is 11.4. The molecule has 90 valence electrons. The third-order valence-corrected chi connectivity index (χ3v) is 4.31. The molecule has 0 aromatic heterocycles. The fraction of sp³-hybridized carbons (Fsp3) is 0.571. The van der Waals surface area contributed by atoms with Crippen molar-refractivity contribution in [2.75, 3.05) is 18.6 Å². The predicted molar refractivity (Wildman–Crippen MR) is 75.0 cm³/mol. The van der Waals surface area contributed by atoms with Gasteiger partial charge in [0.1, 0.15) is 0 Å². The van der Waals surface area contributed by atoms with E-state index in [0.717, 1.165) is 11.7 Å². The maximum Gasteiger partial charge on any atom is 0.0409 e. The number of benzene rings is 1. The minimum atomic E-state index is 0.482. The van der Waals surface area contributed by atoms with E-state index in [1.165, 1.54) is 17.7 Å². The van der Waals surface area contributed by atoms with Gasteiger partial charge in [0.2, 0.25) is 0 Å². The summed E-state index contributed by atoms with van der Waals surface area (Å²) >= 11 is 2.05. The van der Waals surface area contributed by atoms with Gasteiger partial charge in [-0.15, -0.1) is 0 Å². The molecule has 2 atom stereocenters. The molecule has 2 unspecified atom stereocenters. The molecule has 0 aliphatic heterocycles. The van der Waals surface area contributed by atoms with Gasteiger partial charge in [0.15, 0.2) is 0 Å². The maximum atomic E-state index is 3.39. The van der Waals surface area contributed by atoms with E-state index >= 15 is 0 Å². The number of nitrogens with one attached hydrogen (secondary N) is 1. The molecule has 16 heavy (non-hydrogen) atoms. The van der Waals surface area contributed by atoms with E-state index in [1.807, 2.05) is 7.05 Å². The van der Waals surface area contributed by atoms with Crippen molar-refractivity contribution in [2.45, 2.75) is 26.3 Å². The molecule has 0 fully saturated rings. The molecule has 0 spiro atoms. The van der Waals surface area contributed by atoms with Crippen molar-refractivity contribution in [2.24, 2.45) is 5.92 Å². The Balaban J connectivity index is 2.38. The van der Waals surface area contributed by atoms with Crippen LogP contribution in [0.1, 0.15) is 31.9 Å². The van der Waals surface area contributed by atoms with Crippen LogP contribution in [0, 0.1) is 5.92 Å². The Kier molecular flexibility index (Phi) is 6.58. The van der Waals surface area contributed by atoms with Gasteiger partial charge in [-0.05, 0) is 24.3 Å². The molecule has 1 aromatic rings. The first-order valence-corrected chi connectivity index (χ1v) is 7.23. The zero-order valence-electron chi connectivity index (χ0n) is 10.6. The third kappa shape index (κ3) is 4.58. The normalized spacial score (nSPS) is 14.7. The van der Waals surface area contributed by atoms with E-state index in [9.17, 15) is 0 Å². The fourth-order valence-electron chi connectivity index (χ4n) is 1.54. The maximum absolute atomic E-state index is 3.39. The van der Waals surface area contributed by atoms with Crippen molar-refractivity contribution >= 4 is 11.8 Å². The van der Waals surface area contributed by atoms with Crippen LogP contribution in [0.2, 0.25) is 0 Å². The van der Waals surface area contributed by atoms with Crippen molar-refractivity contribution in [1.82, 2.24) is 5.32 Å². The fourth-order valence-corrected chi connectivity index (χ4v) is 2.91. The quantitative estimate of drug-likeness (QED) is 0.775. The van der Waals surface area contributed by atoms with E-state index in [-0.39, 0.29) is 0 Å². The summed E-state index contributed by atoms with van der Waals surface area (Å²) in [5, 5.41) is 3.39. The lowest BCUT2D eigenvalue weighted by Crippen LogP contribution is -2.19. The topological polar surface area (TPSA) is 12.0 Å². The number of thioether (sulfide) groups is 1. The van der Waals surface area contributed by atoms with Crippen LogP contribution >= 0.6 is 11.8 Å². The smallest absolute Gasteiger partial charge is 0.0409 e. The minimum Gasteiger partial charge on any atom is -0.312 e. The predicted octanol–water partition coefficient (Wildman–Crippen LogP) is 3.73. The van der Waals surface area contributed by atoms with Gasteiger partial charge in [-0.25, -0.2) is 0 Å². The van der Waals surface area contributed by atoms with Crippen molar-refractivity contribution in [3.05, 3.63) is 35.9 Å². The molecule has 0 saturated carbocycles. The standard InChI is InChI=1S/C14H23NS/c1-4-12(2)10-16-11-14(15-3)13-8-6-5-7-9-13/h5-9,12,14-15H,4,10-11H2,1-3H3. The van der Waals surface area contributed by atoms with Crippen LogP contribution in [-0.4, -0.2) is 18.6 Å².